The summed E-state index contributed by atoms with van der Waals surface area (Å²) in [6, 6.07) is 13.2. The number of carbonyl (C=O) groups excluding carboxylic acids is 2. The average molecular weight is 384 g/mol. The molecule has 0 aromatic heterocycles. The molecule has 0 saturated carbocycles. The topological polar surface area (TPSA) is 49.4 Å². The molecular formula is C23H29FN2O2. The van der Waals surface area contributed by atoms with Crippen molar-refractivity contribution >= 4 is 11.8 Å². The van der Waals surface area contributed by atoms with Crippen molar-refractivity contribution in [1.29, 1.82) is 0 Å². The van der Waals surface area contributed by atoms with Crippen molar-refractivity contribution in [3.63, 3.8) is 0 Å². The molecule has 0 unspecified atom stereocenters. The van der Waals surface area contributed by atoms with Gasteiger partial charge in [0.15, 0.2) is 0 Å². The second-order valence-corrected chi connectivity index (χ2v) is 7.40. The van der Waals surface area contributed by atoms with Crippen LogP contribution in [0, 0.1) is 12.7 Å². The highest BCUT2D eigenvalue weighted by Crippen LogP contribution is 2.16. The number of amides is 2. The van der Waals surface area contributed by atoms with E-state index < -0.39 is 6.04 Å². The van der Waals surface area contributed by atoms with Crippen LogP contribution in [0.4, 0.5) is 4.39 Å². The molecule has 0 aliphatic rings. The summed E-state index contributed by atoms with van der Waals surface area (Å²) < 4.78 is 13.3. The van der Waals surface area contributed by atoms with Gasteiger partial charge in [-0.15, -0.1) is 0 Å². The second-order valence-electron chi connectivity index (χ2n) is 7.40. The van der Waals surface area contributed by atoms with Crippen molar-refractivity contribution in [3.8, 4) is 0 Å². The number of nitrogens with one attached hydrogen (secondary N) is 1. The van der Waals surface area contributed by atoms with Gasteiger partial charge in [-0.1, -0.05) is 48.9 Å². The van der Waals surface area contributed by atoms with E-state index in [9.17, 15) is 14.0 Å². The molecule has 0 heterocycles. The van der Waals surface area contributed by atoms with Gasteiger partial charge < -0.3 is 10.2 Å². The van der Waals surface area contributed by atoms with Gasteiger partial charge in [-0.05, 0) is 50.5 Å². The summed E-state index contributed by atoms with van der Waals surface area (Å²) in [7, 11) is 0. The fraction of sp³-hybridized carbons (Fsp3) is 0.391. The molecule has 2 amide bonds. The summed E-state index contributed by atoms with van der Waals surface area (Å²) >= 11 is 0. The third-order valence-corrected chi connectivity index (χ3v) is 4.52. The Labute approximate surface area is 166 Å². The molecular weight excluding hydrogens is 355 g/mol. The van der Waals surface area contributed by atoms with E-state index in [1.165, 1.54) is 12.1 Å². The summed E-state index contributed by atoms with van der Waals surface area (Å²) in [5, 5.41) is 2.90. The number of carbonyl (C=O) groups is 2. The molecule has 0 bridgehead atoms. The predicted octanol–water partition coefficient (Wildman–Crippen LogP) is 4.01. The van der Waals surface area contributed by atoms with Crippen LogP contribution in [0.5, 0.6) is 0 Å². The van der Waals surface area contributed by atoms with Crippen LogP contribution in [0.25, 0.3) is 0 Å². The van der Waals surface area contributed by atoms with Gasteiger partial charge in [-0.25, -0.2) is 4.39 Å². The lowest BCUT2D eigenvalue weighted by Gasteiger charge is -2.31. The van der Waals surface area contributed by atoms with E-state index in [0.29, 0.717) is 6.42 Å². The van der Waals surface area contributed by atoms with Crippen LogP contribution in [-0.2, 0) is 22.6 Å². The van der Waals surface area contributed by atoms with Gasteiger partial charge in [0.2, 0.25) is 11.8 Å². The van der Waals surface area contributed by atoms with Gasteiger partial charge in [-0.3, -0.25) is 9.59 Å². The maximum Gasteiger partial charge on any atom is 0.243 e. The van der Waals surface area contributed by atoms with Gasteiger partial charge >= 0.3 is 0 Å². The van der Waals surface area contributed by atoms with E-state index in [4.69, 9.17) is 0 Å². The SMILES string of the molecule is CC[C@@H](C(=O)NC(C)C)N(Cc1ccc(F)cc1)C(=O)Cc1cccc(C)c1. The number of benzene rings is 2. The van der Waals surface area contributed by atoms with Crippen LogP contribution < -0.4 is 5.32 Å². The average Bonchev–Trinajstić information content (AvgIpc) is 2.62. The van der Waals surface area contributed by atoms with E-state index in [0.717, 1.165) is 16.7 Å². The number of hydrogen-bond acceptors (Lipinski definition) is 2. The van der Waals surface area contributed by atoms with Crippen molar-refractivity contribution in [3.05, 3.63) is 71.0 Å². The molecule has 0 fully saturated rings. The molecule has 2 aromatic carbocycles. The summed E-state index contributed by atoms with van der Waals surface area (Å²) in [5.41, 5.74) is 2.78. The van der Waals surface area contributed by atoms with Crippen LogP contribution in [0.1, 0.15) is 43.9 Å². The molecule has 4 nitrogen and oxygen atoms in total. The smallest absolute Gasteiger partial charge is 0.243 e. The van der Waals surface area contributed by atoms with Crippen molar-refractivity contribution in [2.45, 2.75) is 59.2 Å². The van der Waals surface area contributed by atoms with Crippen LogP contribution in [0.3, 0.4) is 0 Å². The van der Waals surface area contributed by atoms with E-state index in [2.05, 4.69) is 5.32 Å². The monoisotopic (exact) mass is 384 g/mol. The molecule has 0 aliphatic heterocycles. The minimum atomic E-state index is -0.579. The Morgan fingerprint density at radius 1 is 1.07 bits per heavy atom. The predicted molar refractivity (Wildman–Crippen MR) is 109 cm³/mol. The zero-order chi connectivity index (χ0) is 20.7. The number of rotatable bonds is 8. The highest BCUT2D eigenvalue weighted by Gasteiger charge is 2.29. The van der Waals surface area contributed by atoms with Crippen LogP contribution in [0.2, 0.25) is 0 Å². The third-order valence-electron chi connectivity index (χ3n) is 4.52. The van der Waals surface area contributed by atoms with E-state index >= 15 is 0 Å². The molecule has 2 aromatic rings. The number of aryl methyl sites for hydroxylation is 1. The van der Waals surface area contributed by atoms with Crippen LogP contribution in [-0.4, -0.2) is 28.8 Å². The van der Waals surface area contributed by atoms with Crippen LogP contribution >= 0.6 is 0 Å². The Hall–Kier alpha value is -2.69. The van der Waals surface area contributed by atoms with E-state index in [-0.39, 0.29) is 36.6 Å². The van der Waals surface area contributed by atoms with Crippen LogP contribution in [0.15, 0.2) is 48.5 Å². The Morgan fingerprint density at radius 2 is 1.75 bits per heavy atom. The first-order valence-corrected chi connectivity index (χ1v) is 9.70. The molecule has 28 heavy (non-hydrogen) atoms. The molecule has 0 saturated heterocycles. The van der Waals surface area contributed by atoms with Crippen molar-refractivity contribution in [2.24, 2.45) is 0 Å². The first-order valence-electron chi connectivity index (χ1n) is 9.70. The number of halogens is 1. The largest absolute Gasteiger partial charge is 0.352 e. The Morgan fingerprint density at radius 3 is 2.32 bits per heavy atom. The Kier molecular flexibility index (Phi) is 7.73. The molecule has 150 valence electrons. The minimum Gasteiger partial charge on any atom is -0.352 e. The lowest BCUT2D eigenvalue weighted by molar-refractivity contribution is -0.141. The van der Waals surface area contributed by atoms with Gasteiger partial charge in [0.25, 0.3) is 0 Å². The normalized spacial score (nSPS) is 11.9. The Balaban J connectivity index is 2.28. The van der Waals surface area contributed by atoms with Gasteiger partial charge in [-0.2, -0.15) is 0 Å². The molecule has 1 atom stereocenters. The minimum absolute atomic E-state index is 0.0129. The highest BCUT2D eigenvalue weighted by molar-refractivity contribution is 5.88. The van der Waals surface area contributed by atoms with Gasteiger partial charge in [0.05, 0.1) is 6.42 Å². The zero-order valence-electron chi connectivity index (χ0n) is 17.0. The third kappa shape index (κ3) is 6.19. The second kappa shape index (κ2) is 10.0. The molecule has 0 aliphatic carbocycles. The summed E-state index contributed by atoms with van der Waals surface area (Å²) in [5.74, 6) is -0.621. The first-order chi connectivity index (χ1) is 13.3. The van der Waals surface area contributed by atoms with Gasteiger partial charge in [0, 0.05) is 12.6 Å². The van der Waals surface area contributed by atoms with Gasteiger partial charge in [0.1, 0.15) is 11.9 Å². The van der Waals surface area contributed by atoms with Crippen molar-refractivity contribution in [1.82, 2.24) is 10.2 Å². The van der Waals surface area contributed by atoms with Crippen molar-refractivity contribution < 1.29 is 14.0 Å². The first kappa shape index (κ1) is 21.6. The standard InChI is InChI=1S/C23H29FN2O2/c1-5-21(23(28)25-16(2)3)26(15-18-9-11-20(24)12-10-18)22(27)14-19-8-6-7-17(4)13-19/h6-13,16,21H,5,14-15H2,1-4H3,(H,25,28)/t21-/m0/s1. The maximum absolute atomic E-state index is 13.3. The maximum atomic E-state index is 13.3. The van der Waals surface area contributed by atoms with E-state index in [1.807, 2.05) is 52.0 Å². The number of nitrogens with zero attached hydrogens (tertiary/aromatic N) is 1. The molecule has 5 heteroatoms. The zero-order valence-corrected chi connectivity index (χ0v) is 17.0. The quantitative estimate of drug-likeness (QED) is 0.748. The fourth-order valence-corrected chi connectivity index (χ4v) is 3.18. The highest BCUT2D eigenvalue weighted by atomic mass is 19.1. The van der Waals surface area contributed by atoms with E-state index in [1.54, 1.807) is 17.0 Å². The molecule has 2 rings (SSSR count). The Bertz CT molecular complexity index is 803. The molecule has 0 radical (unpaired) electrons. The molecule has 1 N–H and O–H groups in total. The number of hydrogen-bond donors (Lipinski definition) is 1. The fourth-order valence-electron chi connectivity index (χ4n) is 3.18. The summed E-state index contributed by atoms with van der Waals surface area (Å²) in [4.78, 5) is 27.5. The van der Waals surface area contributed by atoms with Crippen molar-refractivity contribution in [2.75, 3.05) is 0 Å². The lowest BCUT2D eigenvalue weighted by atomic mass is 10.0. The lowest BCUT2D eigenvalue weighted by Crippen LogP contribution is -2.50. The summed E-state index contributed by atoms with van der Waals surface area (Å²) in [6.07, 6.45) is 0.716. The summed E-state index contributed by atoms with van der Waals surface area (Å²) in [6.45, 7) is 7.92. The molecule has 0 spiro atoms.